The highest BCUT2D eigenvalue weighted by atomic mass is 16.2. The predicted octanol–water partition coefficient (Wildman–Crippen LogP) is 0.824. The van der Waals surface area contributed by atoms with Gasteiger partial charge in [-0.2, -0.15) is 0 Å². The first-order valence-corrected chi connectivity index (χ1v) is 7.64. The summed E-state index contributed by atoms with van der Waals surface area (Å²) in [4.78, 5) is 26.4. The van der Waals surface area contributed by atoms with Gasteiger partial charge in [0.05, 0.1) is 12.5 Å². The van der Waals surface area contributed by atoms with Crippen molar-refractivity contribution in [1.82, 2.24) is 15.5 Å². The second-order valence-electron chi connectivity index (χ2n) is 6.25. The number of fused-ring (bicyclic) bond motifs is 3. The van der Waals surface area contributed by atoms with Crippen LogP contribution in [-0.4, -0.2) is 41.9 Å². The van der Waals surface area contributed by atoms with E-state index in [9.17, 15) is 9.59 Å². The number of benzene rings is 1. The molecule has 1 aromatic rings. The van der Waals surface area contributed by atoms with Gasteiger partial charge in [0.25, 0.3) is 5.91 Å². The minimum Gasteiger partial charge on any atom is -0.345 e. The van der Waals surface area contributed by atoms with Crippen molar-refractivity contribution in [1.29, 1.82) is 0 Å². The van der Waals surface area contributed by atoms with Gasteiger partial charge in [0.2, 0.25) is 5.91 Å². The Morgan fingerprint density at radius 3 is 2.67 bits per heavy atom. The number of nitrogens with zero attached hydrogens (tertiary/aromatic N) is 1. The van der Waals surface area contributed by atoms with Crippen molar-refractivity contribution in [2.45, 2.75) is 37.4 Å². The third kappa shape index (κ3) is 2.21. The molecule has 0 aliphatic carbocycles. The molecule has 2 fully saturated rings. The lowest BCUT2D eigenvalue weighted by molar-refractivity contribution is -0.133. The lowest BCUT2D eigenvalue weighted by Crippen LogP contribution is -2.53. The van der Waals surface area contributed by atoms with E-state index in [0.29, 0.717) is 24.1 Å². The van der Waals surface area contributed by atoms with Crippen LogP contribution in [0.4, 0.5) is 0 Å². The van der Waals surface area contributed by atoms with E-state index < -0.39 is 0 Å². The quantitative estimate of drug-likeness (QED) is 0.846. The minimum atomic E-state index is -0.172. The zero-order valence-electron chi connectivity index (χ0n) is 11.8. The Hall–Kier alpha value is -1.88. The highest BCUT2D eigenvalue weighted by Gasteiger charge is 2.36. The fourth-order valence-corrected chi connectivity index (χ4v) is 3.79. The smallest absolute Gasteiger partial charge is 0.252 e. The summed E-state index contributed by atoms with van der Waals surface area (Å²) in [5.74, 6) is 0.0826. The molecule has 4 rings (SSSR count). The Morgan fingerprint density at radius 2 is 1.90 bits per heavy atom. The molecule has 2 amide bonds. The molecule has 0 spiro atoms. The molecule has 3 aliphatic heterocycles. The predicted molar refractivity (Wildman–Crippen MR) is 77.8 cm³/mol. The molecule has 3 aliphatic rings. The molecule has 3 atom stereocenters. The third-order valence-corrected chi connectivity index (χ3v) is 4.83. The van der Waals surface area contributed by atoms with Crippen molar-refractivity contribution in [2.24, 2.45) is 0 Å². The van der Waals surface area contributed by atoms with Gasteiger partial charge in [0.15, 0.2) is 0 Å². The summed E-state index contributed by atoms with van der Waals surface area (Å²) in [5, 5.41) is 6.45. The van der Waals surface area contributed by atoms with Crippen molar-refractivity contribution >= 4 is 11.8 Å². The molecule has 1 aromatic carbocycles. The summed E-state index contributed by atoms with van der Waals surface area (Å²) in [6.07, 6.45) is 2.69. The summed E-state index contributed by atoms with van der Waals surface area (Å²) in [5.41, 5.74) is 1.66. The van der Waals surface area contributed by atoms with Crippen LogP contribution in [0.25, 0.3) is 0 Å². The zero-order valence-corrected chi connectivity index (χ0v) is 11.8. The molecule has 3 heterocycles. The zero-order chi connectivity index (χ0) is 14.4. The molecule has 21 heavy (non-hydrogen) atoms. The molecule has 110 valence electrons. The Kier molecular flexibility index (Phi) is 2.96. The normalized spacial score (nSPS) is 30.2. The van der Waals surface area contributed by atoms with E-state index in [2.05, 4.69) is 10.6 Å². The van der Waals surface area contributed by atoms with Gasteiger partial charge in [-0.1, -0.05) is 18.2 Å². The number of hydrogen-bond acceptors (Lipinski definition) is 3. The second kappa shape index (κ2) is 4.84. The van der Waals surface area contributed by atoms with Crippen LogP contribution in [0, 0.1) is 0 Å². The van der Waals surface area contributed by atoms with E-state index in [0.717, 1.165) is 31.5 Å². The molecule has 2 N–H and O–H groups in total. The highest BCUT2D eigenvalue weighted by molar-refractivity contribution is 5.99. The molecule has 0 unspecified atom stereocenters. The second-order valence-corrected chi connectivity index (χ2v) is 6.25. The number of nitrogens with one attached hydrogen (secondary N) is 2. The molecule has 5 nitrogen and oxygen atoms in total. The maximum absolute atomic E-state index is 12.5. The fourth-order valence-electron chi connectivity index (χ4n) is 3.79. The van der Waals surface area contributed by atoms with Gasteiger partial charge in [-0.25, -0.2) is 0 Å². The summed E-state index contributed by atoms with van der Waals surface area (Å²) < 4.78 is 0. The van der Waals surface area contributed by atoms with Gasteiger partial charge >= 0.3 is 0 Å². The molecule has 0 radical (unpaired) electrons. The Balaban J connectivity index is 1.47. The first-order chi connectivity index (χ1) is 10.2. The largest absolute Gasteiger partial charge is 0.345 e. The molecule has 2 saturated heterocycles. The van der Waals surface area contributed by atoms with Gasteiger partial charge in [0, 0.05) is 30.7 Å². The summed E-state index contributed by atoms with van der Waals surface area (Å²) >= 11 is 0. The highest BCUT2D eigenvalue weighted by Crippen LogP contribution is 2.29. The topological polar surface area (TPSA) is 61.4 Å². The molecule has 2 bridgehead atoms. The summed E-state index contributed by atoms with van der Waals surface area (Å²) in [6.45, 7) is 1.61. The first-order valence-electron chi connectivity index (χ1n) is 7.64. The van der Waals surface area contributed by atoms with Crippen LogP contribution in [0.15, 0.2) is 24.3 Å². The van der Waals surface area contributed by atoms with E-state index in [4.69, 9.17) is 0 Å². The Labute approximate surface area is 123 Å². The van der Waals surface area contributed by atoms with E-state index in [1.165, 1.54) is 0 Å². The number of piperazine rings is 1. The molecular weight excluding hydrogens is 266 g/mol. The number of hydrogen-bond donors (Lipinski definition) is 2. The van der Waals surface area contributed by atoms with E-state index >= 15 is 0 Å². The third-order valence-electron chi connectivity index (χ3n) is 4.83. The van der Waals surface area contributed by atoms with Gasteiger partial charge in [-0.05, 0) is 24.5 Å². The van der Waals surface area contributed by atoms with Gasteiger partial charge < -0.3 is 15.5 Å². The lowest BCUT2D eigenvalue weighted by atomic mass is 10.0. The molecule has 0 aromatic heterocycles. The minimum absolute atomic E-state index is 0.0659. The average molecular weight is 285 g/mol. The van der Waals surface area contributed by atoms with E-state index in [1.54, 1.807) is 0 Å². The van der Waals surface area contributed by atoms with Crippen LogP contribution in [0.3, 0.4) is 0 Å². The van der Waals surface area contributed by atoms with E-state index in [1.807, 2.05) is 29.2 Å². The average Bonchev–Trinajstić information content (AvgIpc) is 2.99. The van der Waals surface area contributed by atoms with Crippen molar-refractivity contribution in [3.63, 3.8) is 0 Å². The number of rotatable bonds is 2. The number of amides is 2. The van der Waals surface area contributed by atoms with Gasteiger partial charge in [-0.3, -0.25) is 9.59 Å². The SMILES string of the molecule is O=C1N[C@@H](CC(=O)N2C[C@H]3CC[C@@H](C2)N3)c2ccccc21. The fraction of sp³-hybridized carbons (Fsp3) is 0.500. The number of carbonyl (C=O) groups is 2. The maximum atomic E-state index is 12.5. The van der Waals surface area contributed by atoms with Crippen LogP contribution >= 0.6 is 0 Å². The lowest BCUT2D eigenvalue weighted by Gasteiger charge is -2.33. The van der Waals surface area contributed by atoms with Crippen LogP contribution in [0.1, 0.15) is 41.2 Å². The van der Waals surface area contributed by atoms with Crippen molar-refractivity contribution in [3.05, 3.63) is 35.4 Å². The van der Waals surface area contributed by atoms with Gasteiger partial charge in [0.1, 0.15) is 0 Å². The van der Waals surface area contributed by atoms with Crippen LogP contribution in [-0.2, 0) is 4.79 Å². The first kappa shape index (κ1) is 12.8. The van der Waals surface area contributed by atoms with Gasteiger partial charge in [-0.15, -0.1) is 0 Å². The Bertz CT molecular complexity index is 589. The Morgan fingerprint density at radius 1 is 1.19 bits per heavy atom. The number of carbonyl (C=O) groups excluding carboxylic acids is 2. The molecule has 0 saturated carbocycles. The van der Waals surface area contributed by atoms with Crippen LogP contribution in [0.5, 0.6) is 0 Å². The van der Waals surface area contributed by atoms with Crippen molar-refractivity contribution < 1.29 is 9.59 Å². The summed E-state index contributed by atoms with van der Waals surface area (Å²) in [6, 6.07) is 8.27. The number of likely N-dealkylation sites (tertiary alicyclic amines) is 1. The van der Waals surface area contributed by atoms with Crippen molar-refractivity contribution in [3.8, 4) is 0 Å². The van der Waals surface area contributed by atoms with Crippen LogP contribution in [0.2, 0.25) is 0 Å². The maximum Gasteiger partial charge on any atom is 0.252 e. The molecule has 5 heteroatoms. The molecular formula is C16H19N3O2. The monoisotopic (exact) mass is 285 g/mol. The summed E-state index contributed by atoms with van der Waals surface area (Å²) in [7, 11) is 0. The standard InChI is InChI=1S/C16H19N3O2/c20-15(19-8-10-5-6-11(9-19)17-10)7-14-12-3-1-2-4-13(12)16(21)18-14/h1-4,10-11,14,17H,5-9H2,(H,18,21)/t10-,11+,14-/m0/s1. The van der Waals surface area contributed by atoms with Crippen molar-refractivity contribution in [2.75, 3.05) is 13.1 Å². The van der Waals surface area contributed by atoms with E-state index in [-0.39, 0.29) is 17.9 Å². The van der Waals surface area contributed by atoms with Crippen LogP contribution < -0.4 is 10.6 Å².